The molecule has 2 N–H and O–H groups in total. The van der Waals surface area contributed by atoms with Crippen LogP contribution in [0.4, 0.5) is 16.5 Å². The molecule has 30 heavy (non-hydrogen) atoms. The van der Waals surface area contributed by atoms with Crippen LogP contribution >= 0.6 is 11.3 Å². The summed E-state index contributed by atoms with van der Waals surface area (Å²) in [5, 5.41) is 7.68. The molecule has 0 bridgehead atoms. The molecule has 3 aromatic rings. The van der Waals surface area contributed by atoms with E-state index in [1.807, 2.05) is 24.3 Å². The van der Waals surface area contributed by atoms with Gasteiger partial charge in [0.25, 0.3) is 5.91 Å². The molecule has 0 atom stereocenters. The summed E-state index contributed by atoms with van der Waals surface area (Å²) >= 11 is 1.25. The monoisotopic (exact) mass is 424 g/mol. The van der Waals surface area contributed by atoms with E-state index >= 15 is 0 Å². The van der Waals surface area contributed by atoms with Gasteiger partial charge in [0.05, 0.1) is 31.5 Å². The van der Waals surface area contributed by atoms with Crippen molar-refractivity contribution in [1.29, 1.82) is 0 Å². The second-order valence-corrected chi connectivity index (χ2v) is 7.42. The fourth-order valence-corrected chi connectivity index (χ4v) is 3.68. The lowest BCUT2D eigenvalue weighted by Gasteiger charge is -2.28. The number of carbonyl (C=O) groups is 2. The lowest BCUT2D eigenvalue weighted by molar-refractivity contribution is -0.115. The van der Waals surface area contributed by atoms with Gasteiger partial charge < -0.3 is 15.0 Å². The van der Waals surface area contributed by atoms with Crippen LogP contribution in [-0.2, 0) is 16.0 Å². The molecule has 9 nitrogen and oxygen atoms in total. The van der Waals surface area contributed by atoms with Gasteiger partial charge in [-0.05, 0) is 24.3 Å². The number of thiazole rings is 1. The molecule has 1 fully saturated rings. The highest BCUT2D eigenvalue weighted by molar-refractivity contribution is 7.14. The summed E-state index contributed by atoms with van der Waals surface area (Å²) in [6.07, 6.45) is 4.43. The molecule has 0 aliphatic carbocycles. The van der Waals surface area contributed by atoms with Crippen molar-refractivity contribution in [3.63, 3.8) is 0 Å². The summed E-state index contributed by atoms with van der Waals surface area (Å²) in [6, 6.07) is 7.75. The topological polar surface area (TPSA) is 109 Å². The summed E-state index contributed by atoms with van der Waals surface area (Å²) < 4.78 is 5.37. The number of ether oxygens (including phenoxy) is 1. The van der Waals surface area contributed by atoms with E-state index in [1.165, 1.54) is 29.9 Å². The highest BCUT2D eigenvalue weighted by Gasteiger charge is 2.13. The van der Waals surface area contributed by atoms with Gasteiger partial charge in [0.2, 0.25) is 5.91 Å². The van der Waals surface area contributed by atoms with Crippen molar-refractivity contribution in [3.05, 3.63) is 59.6 Å². The summed E-state index contributed by atoms with van der Waals surface area (Å²) in [6.45, 7) is 3.19. The number of amides is 2. The molecule has 1 aromatic carbocycles. The van der Waals surface area contributed by atoms with E-state index in [9.17, 15) is 9.59 Å². The van der Waals surface area contributed by atoms with Crippen molar-refractivity contribution in [2.24, 2.45) is 0 Å². The highest BCUT2D eigenvalue weighted by Crippen LogP contribution is 2.20. The first-order valence-electron chi connectivity index (χ1n) is 9.42. The molecule has 0 unspecified atom stereocenters. The van der Waals surface area contributed by atoms with Crippen LogP contribution < -0.4 is 15.5 Å². The number of hydrogen-bond donors (Lipinski definition) is 2. The Balaban J connectivity index is 1.29. The molecule has 1 aliphatic heterocycles. The fraction of sp³-hybridized carbons (Fsp3) is 0.250. The first-order valence-corrected chi connectivity index (χ1v) is 10.3. The summed E-state index contributed by atoms with van der Waals surface area (Å²) in [7, 11) is 0. The predicted molar refractivity (Wildman–Crippen MR) is 114 cm³/mol. The van der Waals surface area contributed by atoms with Crippen molar-refractivity contribution in [2.45, 2.75) is 6.42 Å². The van der Waals surface area contributed by atoms with Crippen molar-refractivity contribution in [2.75, 3.05) is 41.8 Å². The summed E-state index contributed by atoms with van der Waals surface area (Å²) in [5.74, 6) is -0.569. The molecule has 0 spiro atoms. The van der Waals surface area contributed by atoms with Crippen LogP contribution in [0, 0.1) is 0 Å². The van der Waals surface area contributed by atoms with Crippen LogP contribution in [0.3, 0.4) is 0 Å². The molecule has 0 radical (unpaired) electrons. The maximum Gasteiger partial charge on any atom is 0.277 e. The Labute approximate surface area is 177 Å². The maximum atomic E-state index is 12.3. The Morgan fingerprint density at radius 1 is 1.10 bits per heavy atom. The van der Waals surface area contributed by atoms with Gasteiger partial charge in [-0.25, -0.2) is 9.97 Å². The van der Waals surface area contributed by atoms with Crippen molar-refractivity contribution in [3.8, 4) is 0 Å². The van der Waals surface area contributed by atoms with Crippen LogP contribution in [0.25, 0.3) is 0 Å². The number of anilines is 3. The van der Waals surface area contributed by atoms with Gasteiger partial charge >= 0.3 is 0 Å². The molecular formula is C20H20N6O3S. The molecule has 154 valence electrons. The first kappa shape index (κ1) is 19.9. The second kappa shape index (κ2) is 9.42. The van der Waals surface area contributed by atoms with E-state index in [2.05, 4.69) is 30.5 Å². The molecule has 3 heterocycles. The van der Waals surface area contributed by atoms with E-state index in [-0.39, 0.29) is 18.0 Å². The maximum absolute atomic E-state index is 12.3. The zero-order valence-electron chi connectivity index (χ0n) is 16.1. The Kier molecular flexibility index (Phi) is 6.26. The molecule has 2 aromatic heterocycles. The minimum atomic E-state index is -0.395. The third-order valence-corrected chi connectivity index (χ3v) is 5.24. The van der Waals surface area contributed by atoms with E-state index < -0.39 is 5.91 Å². The Bertz CT molecular complexity index is 1000. The van der Waals surface area contributed by atoms with Gasteiger partial charge in [-0.3, -0.25) is 19.9 Å². The first-order chi connectivity index (χ1) is 14.7. The SMILES string of the molecule is O=C(Cc1csc(NC(=O)c2cnccn2)n1)Nc1ccc(N2CCOCC2)cc1. The standard InChI is InChI=1S/C20H20N6O3S/c27-18(23-14-1-3-16(4-2-14)26-7-9-29-10-8-26)11-15-13-30-20(24-15)25-19(28)17-12-21-5-6-22-17/h1-6,12-13H,7-11H2,(H,23,27)(H,24,25,28). The van der Waals surface area contributed by atoms with E-state index in [1.54, 1.807) is 5.38 Å². The molecule has 1 aliphatic rings. The van der Waals surface area contributed by atoms with E-state index in [4.69, 9.17) is 4.74 Å². The predicted octanol–water partition coefficient (Wildman–Crippen LogP) is 2.20. The average molecular weight is 424 g/mol. The largest absolute Gasteiger partial charge is 0.378 e. The van der Waals surface area contributed by atoms with Gasteiger partial charge in [0.15, 0.2) is 5.13 Å². The minimum absolute atomic E-state index is 0.114. The lowest BCUT2D eigenvalue weighted by Crippen LogP contribution is -2.36. The Hall–Kier alpha value is -3.37. The molecule has 2 amide bonds. The van der Waals surface area contributed by atoms with Crippen LogP contribution in [0.15, 0.2) is 48.2 Å². The number of benzene rings is 1. The highest BCUT2D eigenvalue weighted by atomic mass is 32.1. The van der Waals surface area contributed by atoms with Gasteiger partial charge in [0.1, 0.15) is 5.69 Å². The zero-order chi connectivity index (χ0) is 20.8. The van der Waals surface area contributed by atoms with Crippen molar-refractivity contribution < 1.29 is 14.3 Å². The number of nitrogens with zero attached hydrogens (tertiary/aromatic N) is 4. The van der Waals surface area contributed by atoms with Crippen LogP contribution in [0.5, 0.6) is 0 Å². The average Bonchev–Trinajstić information content (AvgIpc) is 3.22. The number of carbonyl (C=O) groups excluding carboxylic acids is 2. The number of hydrogen-bond acceptors (Lipinski definition) is 8. The number of aromatic nitrogens is 3. The summed E-state index contributed by atoms with van der Waals surface area (Å²) in [4.78, 5) is 38.8. The van der Waals surface area contributed by atoms with Crippen molar-refractivity contribution >= 4 is 39.7 Å². The lowest BCUT2D eigenvalue weighted by atomic mass is 10.2. The molecule has 10 heteroatoms. The second-order valence-electron chi connectivity index (χ2n) is 6.56. The number of morpholine rings is 1. The van der Waals surface area contributed by atoms with Gasteiger partial charge in [0, 0.05) is 42.2 Å². The Morgan fingerprint density at radius 3 is 2.63 bits per heavy atom. The molecule has 4 rings (SSSR count). The van der Waals surface area contributed by atoms with E-state index in [0.29, 0.717) is 10.8 Å². The number of rotatable bonds is 6. The third-order valence-electron chi connectivity index (χ3n) is 4.44. The Morgan fingerprint density at radius 2 is 1.90 bits per heavy atom. The van der Waals surface area contributed by atoms with Crippen molar-refractivity contribution in [1.82, 2.24) is 15.0 Å². The zero-order valence-corrected chi connectivity index (χ0v) is 16.9. The fourth-order valence-electron chi connectivity index (χ4n) is 2.97. The van der Waals surface area contributed by atoms with Gasteiger partial charge in [-0.15, -0.1) is 11.3 Å². The van der Waals surface area contributed by atoms with Crippen LogP contribution in [-0.4, -0.2) is 53.1 Å². The normalized spacial score (nSPS) is 13.7. The van der Waals surface area contributed by atoms with Crippen LogP contribution in [0.2, 0.25) is 0 Å². The molecular weight excluding hydrogens is 404 g/mol. The summed E-state index contributed by atoms with van der Waals surface area (Å²) in [5.41, 5.74) is 2.62. The quantitative estimate of drug-likeness (QED) is 0.624. The minimum Gasteiger partial charge on any atom is -0.378 e. The molecule has 1 saturated heterocycles. The smallest absolute Gasteiger partial charge is 0.277 e. The van der Waals surface area contributed by atoms with Crippen LogP contribution in [0.1, 0.15) is 16.2 Å². The number of nitrogens with one attached hydrogen (secondary N) is 2. The van der Waals surface area contributed by atoms with E-state index in [0.717, 1.165) is 37.7 Å². The third kappa shape index (κ3) is 5.16. The molecule has 0 saturated carbocycles. The van der Waals surface area contributed by atoms with Gasteiger partial charge in [-0.2, -0.15) is 0 Å². The van der Waals surface area contributed by atoms with Gasteiger partial charge in [-0.1, -0.05) is 0 Å².